The number of nitrogens with zero attached hydrogens (tertiary/aromatic N) is 4. The number of fused-ring (bicyclic) bond motifs is 2. The molecular formula is C22H19N5O3. The fourth-order valence-electron chi connectivity index (χ4n) is 3.81. The van der Waals surface area contributed by atoms with Crippen LogP contribution in [0.2, 0.25) is 0 Å². The van der Waals surface area contributed by atoms with E-state index in [-0.39, 0.29) is 24.1 Å². The molecule has 0 unspecified atom stereocenters. The van der Waals surface area contributed by atoms with Crippen LogP contribution in [0.4, 0.5) is 0 Å². The van der Waals surface area contributed by atoms with Crippen LogP contribution in [0, 0.1) is 0 Å². The molecule has 2 amide bonds. The number of amides is 2. The fraction of sp³-hybridized carbons (Fsp3) is 0.182. The minimum absolute atomic E-state index is 0.213. The predicted molar refractivity (Wildman–Crippen MR) is 107 cm³/mol. The van der Waals surface area contributed by atoms with Gasteiger partial charge >= 0.3 is 0 Å². The maximum Gasteiger partial charge on any atom is 0.290 e. The first kappa shape index (κ1) is 18.1. The molecule has 30 heavy (non-hydrogen) atoms. The van der Waals surface area contributed by atoms with Crippen LogP contribution in [0.5, 0.6) is 0 Å². The van der Waals surface area contributed by atoms with Gasteiger partial charge < -0.3 is 14.6 Å². The molecule has 0 saturated heterocycles. The van der Waals surface area contributed by atoms with Crippen LogP contribution < -0.4 is 5.32 Å². The van der Waals surface area contributed by atoms with Crippen molar-refractivity contribution in [3.63, 3.8) is 0 Å². The lowest BCUT2D eigenvalue weighted by molar-refractivity contribution is -0.126. The number of rotatable bonds is 4. The van der Waals surface area contributed by atoms with E-state index in [0.717, 1.165) is 11.1 Å². The molecule has 0 bridgehead atoms. The summed E-state index contributed by atoms with van der Waals surface area (Å²) >= 11 is 0. The number of benzene rings is 1. The Morgan fingerprint density at radius 2 is 1.87 bits per heavy atom. The van der Waals surface area contributed by atoms with Gasteiger partial charge in [0.1, 0.15) is 6.04 Å². The quantitative estimate of drug-likeness (QED) is 0.566. The molecular weight excluding hydrogens is 382 g/mol. The zero-order chi connectivity index (χ0) is 20.5. The van der Waals surface area contributed by atoms with Gasteiger partial charge in [0.05, 0.1) is 12.8 Å². The Balaban J connectivity index is 1.39. The molecule has 5 rings (SSSR count). The van der Waals surface area contributed by atoms with Crippen molar-refractivity contribution in [2.45, 2.75) is 25.6 Å². The summed E-state index contributed by atoms with van der Waals surface area (Å²) < 4.78 is 7.11. The van der Waals surface area contributed by atoms with Gasteiger partial charge in [0.2, 0.25) is 5.91 Å². The summed E-state index contributed by atoms with van der Waals surface area (Å²) in [6.45, 7) is 0.562. The zero-order valence-corrected chi connectivity index (χ0v) is 16.1. The summed E-state index contributed by atoms with van der Waals surface area (Å²) in [7, 11) is 0. The molecule has 150 valence electrons. The van der Waals surface area contributed by atoms with Crippen LogP contribution in [0.15, 0.2) is 71.5 Å². The standard InChI is InChI=1S/C22H19N5O3/c28-21(23-13-20-25-24-19-9-3-4-10-26(19)20)17-12-15-6-1-2-7-16(15)14-27(17)22(29)18-8-5-11-30-18/h1-11,17H,12-14H2,(H,23,28)/t17-/m1/s1. The van der Waals surface area contributed by atoms with Gasteiger partial charge in [-0.25, -0.2) is 0 Å². The predicted octanol–water partition coefficient (Wildman–Crippen LogP) is 2.21. The maximum absolute atomic E-state index is 13.1. The largest absolute Gasteiger partial charge is 0.459 e. The van der Waals surface area contributed by atoms with Crippen molar-refractivity contribution in [3.8, 4) is 0 Å². The Kier molecular flexibility index (Phi) is 4.51. The Labute approximate surface area is 172 Å². The van der Waals surface area contributed by atoms with Crippen LogP contribution in [0.25, 0.3) is 5.65 Å². The lowest BCUT2D eigenvalue weighted by Crippen LogP contribution is -2.52. The van der Waals surface area contributed by atoms with Gasteiger partial charge in [-0.1, -0.05) is 30.3 Å². The van der Waals surface area contributed by atoms with Crippen molar-refractivity contribution in [2.24, 2.45) is 0 Å². The second kappa shape index (κ2) is 7.47. The molecule has 1 N–H and O–H groups in total. The highest BCUT2D eigenvalue weighted by Crippen LogP contribution is 2.25. The van der Waals surface area contributed by atoms with E-state index in [4.69, 9.17) is 4.42 Å². The topological polar surface area (TPSA) is 92.7 Å². The summed E-state index contributed by atoms with van der Waals surface area (Å²) in [6, 6.07) is 16.1. The smallest absolute Gasteiger partial charge is 0.290 e. The molecule has 1 atom stereocenters. The van der Waals surface area contributed by atoms with Crippen LogP contribution in [-0.2, 0) is 24.3 Å². The average Bonchev–Trinajstić information content (AvgIpc) is 3.46. The highest BCUT2D eigenvalue weighted by molar-refractivity contribution is 5.96. The molecule has 0 aliphatic carbocycles. The summed E-state index contributed by atoms with van der Waals surface area (Å²) in [5.74, 6) is 0.300. The number of hydrogen-bond donors (Lipinski definition) is 1. The van der Waals surface area contributed by atoms with Crippen LogP contribution in [0.3, 0.4) is 0 Å². The molecule has 4 aromatic rings. The zero-order valence-electron chi connectivity index (χ0n) is 16.1. The van der Waals surface area contributed by atoms with Gasteiger partial charge in [-0.05, 0) is 35.4 Å². The molecule has 1 aromatic carbocycles. The van der Waals surface area contributed by atoms with E-state index in [1.165, 1.54) is 6.26 Å². The lowest BCUT2D eigenvalue weighted by Gasteiger charge is -2.35. The second-order valence-electron chi connectivity index (χ2n) is 7.16. The summed E-state index contributed by atoms with van der Waals surface area (Å²) in [5, 5.41) is 11.2. The van der Waals surface area contributed by atoms with Gasteiger partial charge in [-0.3, -0.25) is 14.0 Å². The van der Waals surface area contributed by atoms with Crippen molar-refractivity contribution >= 4 is 17.5 Å². The number of carbonyl (C=O) groups is 2. The van der Waals surface area contributed by atoms with E-state index in [2.05, 4.69) is 15.5 Å². The van der Waals surface area contributed by atoms with Gasteiger partial charge in [-0.15, -0.1) is 10.2 Å². The highest BCUT2D eigenvalue weighted by Gasteiger charge is 2.35. The number of carbonyl (C=O) groups excluding carboxylic acids is 2. The van der Waals surface area contributed by atoms with Crippen molar-refractivity contribution < 1.29 is 14.0 Å². The van der Waals surface area contributed by atoms with Crippen LogP contribution in [-0.4, -0.2) is 37.4 Å². The molecule has 8 nitrogen and oxygen atoms in total. The van der Waals surface area contributed by atoms with Crippen LogP contribution >= 0.6 is 0 Å². The number of pyridine rings is 1. The van der Waals surface area contributed by atoms with Crippen LogP contribution in [0.1, 0.15) is 27.5 Å². The van der Waals surface area contributed by atoms with Crippen molar-refractivity contribution in [1.29, 1.82) is 0 Å². The molecule has 3 aromatic heterocycles. The average molecular weight is 401 g/mol. The van der Waals surface area contributed by atoms with Crippen molar-refractivity contribution in [1.82, 2.24) is 24.8 Å². The number of nitrogens with one attached hydrogen (secondary N) is 1. The molecule has 0 spiro atoms. The molecule has 1 aliphatic rings. The summed E-state index contributed by atoms with van der Waals surface area (Å²) in [4.78, 5) is 27.7. The molecule has 0 saturated carbocycles. The van der Waals surface area contributed by atoms with E-state index >= 15 is 0 Å². The van der Waals surface area contributed by atoms with Gasteiger partial charge in [0, 0.05) is 19.2 Å². The first-order chi connectivity index (χ1) is 14.7. The highest BCUT2D eigenvalue weighted by atomic mass is 16.3. The number of furan rings is 1. The molecule has 0 fully saturated rings. The molecule has 0 radical (unpaired) electrons. The third-order valence-corrected chi connectivity index (χ3v) is 5.35. The fourth-order valence-corrected chi connectivity index (χ4v) is 3.81. The second-order valence-corrected chi connectivity index (χ2v) is 7.16. The van der Waals surface area contributed by atoms with E-state index < -0.39 is 6.04 Å². The third kappa shape index (κ3) is 3.22. The Hall–Kier alpha value is -3.94. The Morgan fingerprint density at radius 1 is 1.03 bits per heavy atom. The third-order valence-electron chi connectivity index (χ3n) is 5.35. The van der Waals surface area contributed by atoms with Gasteiger partial charge in [-0.2, -0.15) is 0 Å². The lowest BCUT2D eigenvalue weighted by atomic mass is 9.93. The summed E-state index contributed by atoms with van der Waals surface area (Å²) in [6.07, 6.45) is 3.74. The first-order valence-corrected chi connectivity index (χ1v) is 9.68. The normalized spacial score (nSPS) is 15.7. The summed E-state index contributed by atoms with van der Waals surface area (Å²) in [5.41, 5.74) is 2.81. The Morgan fingerprint density at radius 3 is 2.70 bits per heavy atom. The number of hydrogen-bond acceptors (Lipinski definition) is 5. The van der Waals surface area contributed by atoms with Crippen molar-refractivity contribution in [2.75, 3.05) is 0 Å². The van der Waals surface area contributed by atoms with E-state index in [0.29, 0.717) is 24.4 Å². The first-order valence-electron chi connectivity index (χ1n) is 9.68. The van der Waals surface area contributed by atoms with E-state index in [1.54, 1.807) is 17.0 Å². The number of aromatic nitrogens is 3. The van der Waals surface area contributed by atoms with E-state index in [9.17, 15) is 9.59 Å². The van der Waals surface area contributed by atoms with Gasteiger partial charge in [0.15, 0.2) is 17.2 Å². The Bertz CT molecular complexity index is 1210. The van der Waals surface area contributed by atoms with E-state index in [1.807, 2.05) is 53.1 Å². The minimum atomic E-state index is -0.642. The molecule has 4 heterocycles. The monoisotopic (exact) mass is 401 g/mol. The maximum atomic E-state index is 13.1. The minimum Gasteiger partial charge on any atom is -0.459 e. The van der Waals surface area contributed by atoms with Gasteiger partial charge in [0.25, 0.3) is 5.91 Å². The SMILES string of the molecule is O=C(NCc1nnc2ccccn12)[C@H]1Cc2ccccc2CN1C(=O)c1ccco1. The molecule has 1 aliphatic heterocycles. The molecule has 8 heteroatoms. The van der Waals surface area contributed by atoms with Crippen molar-refractivity contribution in [3.05, 3.63) is 89.8 Å².